The number of carbonyl (C=O) groups excluding carboxylic acids is 1. The second-order valence-electron chi connectivity index (χ2n) is 5.14. The third kappa shape index (κ3) is 3.96. The van der Waals surface area contributed by atoms with E-state index in [2.05, 4.69) is 46.1 Å². The molecular weight excluding hydrogens is 240 g/mol. The highest BCUT2D eigenvalue weighted by atomic mass is 16.5. The van der Waals surface area contributed by atoms with Crippen molar-refractivity contribution < 1.29 is 9.53 Å². The number of hydrogen-bond donors (Lipinski definition) is 1. The highest BCUT2D eigenvalue weighted by molar-refractivity contribution is 5.67. The minimum absolute atomic E-state index is 0.199. The molecule has 19 heavy (non-hydrogen) atoms. The molecule has 104 valence electrons. The number of likely N-dealkylation sites (tertiary alicyclic amines) is 1. The van der Waals surface area contributed by atoms with Crippen LogP contribution in [0.1, 0.15) is 24.0 Å². The monoisotopic (exact) mass is 262 g/mol. The first-order valence-electron chi connectivity index (χ1n) is 6.80. The summed E-state index contributed by atoms with van der Waals surface area (Å²) in [6.07, 6.45) is 1.81. The van der Waals surface area contributed by atoms with Gasteiger partial charge in [-0.2, -0.15) is 0 Å². The fourth-order valence-corrected chi connectivity index (χ4v) is 2.57. The molecule has 1 amide bonds. The number of hydrogen-bond acceptors (Lipinski definition) is 3. The number of amides is 1. The van der Waals surface area contributed by atoms with E-state index in [0.29, 0.717) is 0 Å². The van der Waals surface area contributed by atoms with Gasteiger partial charge in [-0.25, -0.2) is 4.79 Å². The maximum Gasteiger partial charge on any atom is 0.407 e. The molecule has 0 radical (unpaired) electrons. The molecule has 1 unspecified atom stereocenters. The Labute approximate surface area is 114 Å². The second kappa shape index (κ2) is 6.57. The fraction of sp³-hybridized carbons (Fsp3) is 0.533. The smallest absolute Gasteiger partial charge is 0.407 e. The second-order valence-corrected chi connectivity index (χ2v) is 5.14. The van der Waals surface area contributed by atoms with E-state index < -0.39 is 0 Å². The van der Waals surface area contributed by atoms with Crippen LogP contribution in [0.3, 0.4) is 0 Å². The van der Waals surface area contributed by atoms with Crippen LogP contribution in [0.2, 0.25) is 0 Å². The number of alkyl carbamates (subject to hydrolysis) is 1. The van der Waals surface area contributed by atoms with Crippen LogP contribution in [0.15, 0.2) is 24.3 Å². The van der Waals surface area contributed by atoms with Crippen molar-refractivity contribution in [3.05, 3.63) is 35.4 Å². The molecule has 1 aliphatic rings. The Bertz CT molecular complexity index is 434. The van der Waals surface area contributed by atoms with E-state index in [9.17, 15) is 4.79 Å². The average Bonchev–Trinajstić information content (AvgIpc) is 2.42. The summed E-state index contributed by atoms with van der Waals surface area (Å²) in [7, 11) is 1.41. The van der Waals surface area contributed by atoms with Crippen molar-refractivity contribution in [2.75, 3.05) is 20.2 Å². The molecule has 1 heterocycles. The molecule has 1 aromatic carbocycles. The van der Waals surface area contributed by atoms with Gasteiger partial charge in [0.05, 0.1) is 7.11 Å². The number of carbonyl (C=O) groups is 1. The topological polar surface area (TPSA) is 41.6 Å². The number of ether oxygens (including phenoxy) is 1. The summed E-state index contributed by atoms with van der Waals surface area (Å²) in [4.78, 5) is 13.6. The van der Waals surface area contributed by atoms with E-state index in [0.717, 1.165) is 32.5 Å². The number of nitrogens with one attached hydrogen (secondary N) is 1. The predicted molar refractivity (Wildman–Crippen MR) is 75.0 cm³/mol. The van der Waals surface area contributed by atoms with Crippen molar-refractivity contribution in [3.63, 3.8) is 0 Å². The Hall–Kier alpha value is -1.55. The highest BCUT2D eigenvalue weighted by Gasteiger charge is 2.21. The van der Waals surface area contributed by atoms with Crippen LogP contribution in [-0.2, 0) is 11.3 Å². The number of benzene rings is 1. The van der Waals surface area contributed by atoms with Crippen molar-refractivity contribution in [3.8, 4) is 0 Å². The number of nitrogens with zero attached hydrogens (tertiary/aromatic N) is 1. The zero-order chi connectivity index (χ0) is 13.7. The first-order chi connectivity index (χ1) is 9.19. The van der Waals surface area contributed by atoms with Crippen molar-refractivity contribution in [2.24, 2.45) is 0 Å². The Morgan fingerprint density at radius 1 is 1.47 bits per heavy atom. The van der Waals surface area contributed by atoms with Crippen LogP contribution in [0.5, 0.6) is 0 Å². The normalized spacial score (nSPS) is 20.0. The van der Waals surface area contributed by atoms with E-state index in [1.165, 1.54) is 18.2 Å². The molecule has 0 saturated carbocycles. The van der Waals surface area contributed by atoms with Gasteiger partial charge >= 0.3 is 6.09 Å². The third-order valence-electron chi connectivity index (χ3n) is 3.67. The summed E-state index contributed by atoms with van der Waals surface area (Å²) in [6.45, 7) is 5.08. The van der Waals surface area contributed by atoms with Crippen molar-refractivity contribution in [2.45, 2.75) is 32.4 Å². The minimum Gasteiger partial charge on any atom is -0.453 e. The first kappa shape index (κ1) is 13.9. The molecule has 0 bridgehead atoms. The van der Waals surface area contributed by atoms with E-state index in [-0.39, 0.29) is 12.1 Å². The fourth-order valence-electron chi connectivity index (χ4n) is 2.57. The largest absolute Gasteiger partial charge is 0.453 e. The van der Waals surface area contributed by atoms with Crippen LogP contribution in [0.25, 0.3) is 0 Å². The van der Waals surface area contributed by atoms with E-state index >= 15 is 0 Å². The van der Waals surface area contributed by atoms with Crippen molar-refractivity contribution in [1.82, 2.24) is 10.2 Å². The molecule has 2 rings (SSSR count). The SMILES string of the molecule is COC(=O)NC1CCCN(Cc2ccccc2C)C1. The number of aryl methyl sites for hydroxylation is 1. The zero-order valence-corrected chi connectivity index (χ0v) is 11.7. The van der Waals surface area contributed by atoms with Crippen LogP contribution < -0.4 is 5.32 Å². The Balaban J connectivity index is 1.91. The number of methoxy groups -OCH3 is 1. The number of rotatable bonds is 3. The van der Waals surface area contributed by atoms with Crippen LogP contribution in [0, 0.1) is 6.92 Å². The minimum atomic E-state index is -0.331. The van der Waals surface area contributed by atoms with Crippen LogP contribution in [0.4, 0.5) is 4.79 Å². The van der Waals surface area contributed by atoms with Crippen LogP contribution in [-0.4, -0.2) is 37.2 Å². The van der Waals surface area contributed by atoms with Gasteiger partial charge in [-0.05, 0) is 37.4 Å². The standard InChI is InChI=1S/C15H22N2O2/c1-12-6-3-4-7-13(12)10-17-9-5-8-14(11-17)16-15(18)19-2/h3-4,6-7,14H,5,8-11H2,1-2H3,(H,16,18). The summed E-state index contributed by atoms with van der Waals surface area (Å²) < 4.78 is 4.66. The van der Waals surface area contributed by atoms with E-state index in [1.54, 1.807) is 0 Å². The van der Waals surface area contributed by atoms with Gasteiger partial charge in [0.25, 0.3) is 0 Å². The molecule has 0 spiro atoms. The van der Waals surface area contributed by atoms with Gasteiger partial charge in [0.15, 0.2) is 0 Å². The third-order valence-corrected chi connectivity index (χ3v) is 3.67. The van der Waals surface area contributed by atoms with Gasteiger partial charge in [-0.3, -0.25) is 4.90 Å². The van der Waals surface area contributed by atoms with Crippen molar-refractivity contribution in [1.29, 1.82) is 0 Å². The Kier molecular flexibility index (Phi) is 4.80. The highest BCUT2D eigenvalue weighted by Crippen LogP contribution is 2.16. The lowest BCUT2D eigenvalue weighted by atomic mass is 10.0. The average molecular weight is 262 g/mol. The molecule has 1 fully saturated rings. The van der Waals surface area contributed by atoms with E-state index in [4.69, 9.17) is 0 Å². The lowest BCUT2D eigenvalue weighted by molar-refractivity contribution is 0.145. The summed E-state index contributed by atoms with van der Waals surface area (Å²) in [5.74, 6) is 0. The molecule has 4 nitrogen and oxygen atoms in total. The summed E-state index contributed by atoms with van der Waals surface area (Å²) in [5.41, 5.74) is 2.69. The van der Waals surface area contributed by atoms with Gasteiger partial charge in [0.1, 0.15) is 0 Å². The molecule has 1 saturated heterocycles. The quantitative estimate of drug-likeness (QED) is 0.909. The molecule has 0 aromatic heterocycles. The van der Waals surface area contributed by atoms with E-state index in [1.807, 2.05) is 0 Å². The maximum atomic E-state index is 11.2. The van der Waals surface area contributed by atoms with Gasteiger partial charge in [0, 0.05) is 19.1 Å². The predicted octanol–water partition coefficient (Wildman–Crippen LogP) is 2.32. The molecule has 1 aliphatic heterocycles. The lowest BCUT2D eigenvalue weighted by Crippen LogP contribution is -2.47. The lowest BCUT2D eigenvalue weighted by Gasteiger charge is -2.33. The summed E-state index contributed by atoms with van der Waals surface area (Å²) in [6, 6.07) is 8.66. The van der Waals surface area contributed by atoms with Gasteiger partial charge < -0.3 is 10.1 Å². The van der Waals surface area contributed by atoms with Crippen molar-refractivity contribution >= 4 is 6.09 Å². The molecule has 4 heteroatoms. The molecule has 0 aliphatic carbocycles. The maximum absolute atomic E-state index is 11.2. The summed E-state index contributed by atoms with van der Waals surface area (Å²) >= 11 is 0. The van der Waals surface area contributed by atoms with Gasteiger partial charge in [-0.1, -0.05) is 24.3 Å². The van der Waals surface area contributed by atoms with Gasteiger partial charge in [-0.15, -0.1) is 0 Å². The molecular formula is C15H22N2O2. The van der Waals surface area contributed by atoms with Gasteiger partial charge in [0.2, 0.25) is 0 Å². The molecule has 1 aromatic rings. The molecule has 1 N–H and O–H groups in total. The summed E-state index contributed by atoms with van der Waals surface area (Å²) in [5, 5.41) is 2.90. The Morgan fingerprint density at radius 2 is 2.26 bits per heavy atom. The Morgan fingerprint density at radius 3 is 3.00 bits per heavy atom. The molecule has 1 atom stereocenters. The number of piperidine rings is 1. The van der Waals surface area contributed by atoms with Crippen LogP contribution >= 0.6 is 0 Å². The first-order valence-corrected chi connectivity index (χ1v) is 6.80. The zero-order valence-electron chi connectivity index (χ0n) is 11.7.